The van der Waals surface area contributed by atoms with Gasteiger partial charge in [0.2, 0.25) is 0 Å². The van der Waals surface area contributed by atoms with Gasteiger partial charge in [-0.3, -0.25) is 4.90 Å². The second-order valence-electron chi connectivity index (χ2n) is 5.76. The Balaban J connectivity index is 2.42. The van der Waals surface area contributed by atoms with E-state index < -0.39 is 0 Å². The standard InChI is InChI=1S/C15H32N2/c1-5-11-16-12-14(6-2)17(4)15-10-8-7-9-13(15)3/h13-16H,5-12H2,1-4H3. The molecule has 0 saturated heterocycles. The molecule has 0 amide bonds. The molecule has 1 rings (SSSR count). The van der Waals surface area contributed by atoms with Crippen LogP contribution in [0, 0.1) is 5.92 Å². The Bertz CT molecular complexity index is 193. The predicted octanol–water partition coefficient (Wildman–Crippen LogP) is 3.28. The van der Waals surface area contributed by atoms with E-state index in [9.17, 15) is 0 Å². The van der Waals surface area contributed by atoms with Crippen LogP contribution in [0.5, 0.6) is 0 Å². The van der Waals surface area contributed by atoms with E-state index in [1.807, 2.05) is 0 Å². The molecular formula is C15H32N2. The third kappa shape index (κ3) is 4.59. The number of hydrogen-bond donors (Lipinski definition) is 1. The van der Waals surface area contributed by atoms with E-state index in [-0.39, 0.29) is 0 Å². The van der Waals surface area contributed by atoms with Crippen molar-refractivity contribution in [3.63, 3.8) is 0 Å². The topological polar surface area (TPSA) is 15.3 Å². The van der Waals surface area contributed by atoms with Gasteiger partial charge in [-0.25, -0.2) is 0 Å². The quantitative estimate of drug-likeness (QED) is 0.687. The van der Waals surface area contributed by atoms with Crippen molar-refractivity contribution in [3.05, 3.63) is 0 Å². The Morgan fingerprint density at radius 1 is 1.24 bits per heavy atom. The molecule has 0 aromatic rings. The molecule has 1 fully saturated rings. The zero-order valence-electron chi connectivity index (χ0n) is 12.3. The summed E-state index contributed by atoms with van der Waals surface area (Å²) in [6.45, 7) is 9.31. The maximum absolute atomic E-state index is 3.58. The van der Waals surface area contributed by atoms with Gasteiger partial charge < -0.3 is 5.32 Å². The average molecular weight is 240 g/mol. The highest BCUT2D eigenvalue weighted by atomic mass is 15.2. The predicted molar refractivity (Wildman–Crippen MR) is 76.4 cm³/mol. The molecule has 0 aliphatic heterocycles. The summed E-state index contributed by atoms with van der Waals surface area (Å²) in [5.41, 5.74) is 0. The Morgan fingerprint density at radius 2 is 1.94 bits per heavy atom. The molecule has 3 atom stereocenters. The van der Waals surface area contributed by atoms with E-state index in [2.05, 4.69) is 38.0 Å². The number of nitrogens with one attached hydrogen (secondary N) is 1. The largest absolute Gasteiger partial charge is 0.315 e. The fourth-order valence-corrected chi connectivity index (χ4v) is 3.19. The Kier molecular flexibility index (Phi) is 7.14. The van der Waals surface area contributed by atoms with E-state index in [1.54, 1.807) is 0 Å². The lowest BCUT2D eigenvalue weighted by Gasteiger charge is -2.40. The monoisotopic (exact) mass is 240 g/mol. The van der Waals surface area contributed by atoms with Crippen molar-refractivity contribution in [3.8, 4) is 0 Å². The van der Waals surface area contributed by atoms with Gasteiger partial charge in [-0.15, -0.1) is 0 Å². The molecule has 0 aromatic carbocycles. The molecule has 2 nitrogen and oxygen atoms in total. The van der Waals surface area contributed by atoms with Crippen molar-refractivity contribution in [1.82, 2.24) is 10.2 Å². The minimum Gasteiger partial charge on any atom is -0.315 e. The summed E-state index contributed by atoms with van der Waals surface area (Å²) < 4.78 is 0. The van der Waals surface area contributed by atoms with Crippen molar-refractivity contribution in [2.45, 2.75) is 71.4 Å². The molecule has 0 aromatic heterocycles. The fraction of sp³-hybridized carbons (Fsp3) is 1.00. The van der Waals surface area contributed by atoms with Crippen LogP contribution in [0.15, 0.2) is 0 Å². The van der Waals surface area contributed by atoms with Crippen molar-refractivity contribution in [1.29, 1.82) is 0 Å². The van der Waals surface area contributed by atoms with Crippen LogP contribution in [-0.4, -0.2) is 37.1 Å². The van der Waals surface area contributed by atoms with Gasteiger partial charge in [-0.2, -0.15) is 0 Å². The molecule has 17 heavy (non-hydrogen) atoms. The summed E-state index contributed by atoms with van der Waals surface area (Å²) in [6, 6.07) is 1.53. The van der Waals surface area contributed by atoms with Crippen LogP contribution < -0.4 is 5.32 Å². The van der Waals surface area contributed by atoms with Crippen molar-refractivity contribution in [2.75, 3.05) is 20.1 Å². The zero-order valence-corrected chi connectivity index (χ0v) is 12.3. The number of rotatable bonds is 7. The molecule has 1 N–H and O–H groups in total. The second kappa shape index (κ2) is 8.10. The summed E-state index contributed by atoms with van der Waals surface area (Å²) >= 11 is 0. The minimum atomic E-state index is 0.715. The van der Waals surface area contributed by atoms with Crippen LogP contribution in [0.2, 0.25) is 0 Å². The maximum atomic E-state index is 3.58. The summed E-state index contributed by atoms with van der Waals surface area (Å²) in [4.78, 5) is 2.66. The molecule has 0 heterocycles. The highest BCUT2D eigenvalue weighted by Crippen LogP contribution is 2.28. The van der Waals surface area contributed by atoms with Crippen LogP contribution >= 0.6 is 0 Å². The van der Waals surface area contributed by atoms with Crippen LogP contribution in [0.1, 0.15) is 59.3 Å². The van der Waals surface area contributed by atoms with Gasteiger partial charge in [0.05, 0.1) is 0 Å². The zero-order chi connectivity index (χ0) is 12.7. The lowest BCUT2D eigenvalue weighted by atomic mass is 9.84. The molecule has 102 valence electrons. The first-order chi connectivity index (χ1) is 8.20. The normalized spacial score (nSPS) is 27.4. The molecule has 1 aliphatic rings. The molecule has 1 aliphatic carbocycles. The molecule has 3 unspecified atom stereocenters. The highest BCUT2D eigenvalue weighted by Gasteiger charge is 2.28. The average Bonchev–Trinajstić information content (AvgIpc) is 2.35. The lowest BCUT2D eigenvalue weighted by molar-refractivity contribution is 0.0933. The fourth-order valence-electron chi connectivity index (χ4n) is 3.19. The van der Waals surface area contributed by atoms with E-state index in [0.29, 0.717) is 6.04 Å². The highest BCUT2D eigenvalue weighted by molar-refractivity contribution is 4.83. The first-order valence-electron chi connectivity index (χ1n) is 7.63. The molecule has 0 bridgehead atoms. The molecule has 0 radical (unpaired) electrons. The van der Waals surface area contributed by atoms with E-state index in [0.717, 1.165) is 25.0 Å². The SMILES string of the molecule is CCCNCC(CC)N(C)C1CCCCC1C. The van der Waals surface area contributed by atoms with Crippen LogP contribution in [0.25, 0.3) is 0 Å². The third-order valence-electron chi connectivity index (χ3n) is 4.44. The summed E-state index contributed by atoms with van der Waals surface area (Å²) in [7, 11) is 2.34. The van der Waals surface area contributed by atoms with Gasteiger partial charge >= 0.3 is 0 Å². The lowest BCUT2D eigenvalue weighted by Crippen LogP contribution is -2.48. The summed E-state index contributed by atoms with van der Waals surface area (Å²) in [5, 5.41) is 3.58. The molecule has 1 saturated carbocycles. The summed E-state index contributed by atoms with van der Waals surface area (Å²) in [5.74, 6) is 0.883. The van der Waals surface area contributed by atoms with Crippen molar-refractivity contribution < 1.29 is 0 Å². The third-order valence-corrected chi connectivity index (χ3v) is 4.44. The van der Waals surface area contributed by atoms with Crippen LogP contribution in [0.4, 0.5) is 0 Å². The first kappa shape index (κ1) is 15.0. The first-order valence-corrected chi connectivity index (χ1v) is 7.63. The number of hydrogen-bond acceptors (Lipinski definition) is 2. The minimum absolute atomic E-state index is 0.715. The Morgan fingerprint density at radius 3 is 2.53 bits per heavy atom. The molecular weight excluding hydrogens is 208 g/mol. The number of nitrogens with zero attached hydrogens (tertiary/aromatic N) is 1. The van der Waals surface area contributed by atoms with E-state index in [4.69, 9.17) is 0 Å². The van der Waals surface area contributed by atoms with Gasteiger partial charge in [0.25, 0.3) is 0 Å². The van der Waals surface area contributed by atoms with Gasteiger partial charge in [-0.1, -0.05) is 33.6 Å². The molecule has 0 spiro atoms. The van der Waals surface area contributed by atoms with E-state index in [1.165, 1.54) is 38.5 Å². The van der Waals surface area contributed by atoms with Crippen LogP contribution in [0.3, 0.4) is 0 Å². The van der Waals surface area contributed by atoms with Gasteiger partial charge in [0, 0.05) is 18.6 Å². The van der Waals surface area contributed by atoms with Crippen LogP contribution in [-0.2, 0) is 0 Å². The van der Waals surface area contributed by atoms with E-state index >= 15 is 0 Å². The van der Waals surface area contributed by atoms with Crippen molar-refractivity contribution in [2.24, 2.45) is 5.92 Å². The summed E-state index contributed by atoms with van der Waals surface area (Å²) in [6.07, 6.45) is 8.20. The van der Waals surface area contributed by atoms with Crippen molar-refractivity contribution >= 4 is 0 Å². The van der Waals surface area contributed by atoms with Gasteiger partial charge in [-0.05, 0) is 45.2 Å². The van der Waals surface area contributed by atoms with Gasteiger partial charge in [0.1, 0.15) is 0 Å². The van der Waals surface area contributed by atoms with Gasteiger partial charge in [0.15, 0.2) is 0 Å². The second-order valence-corrected chi connectivity index (χ2v) is 5.76. The smallest absolute Gasteiger partial charge is 0.0218 e. The maximum Gasteiger partial charge on any atom is 0.0218 e. The Labute approximate surface area is 108 Å². The Hall–Kier alpha value is -0.0800. The number of likely N-dealkylation sites (N-methyl/N-ethyl adjacent to an activating group) is 1. The molecule has 2 heteroatoms.